The molecule has 32 heavy (non-hydrogen) atoms. The van der Waals surface area contributed by atoms with Gasteiger partial charge in [0.25, 0.3) is 0 Å². The number of guanidine groups is 1. The first-order valence-electron chi connectivity index (χ1n) is 10.2. The lowest BCUT2D eigenvalue weighted by atomic mass is 9.99. The molecule has 0 spiro atoms. The number of hydrogen-bond donors (Lipinski definition) is 2. The van der Waals surface area contributed by atoms with Crippen LogP contribution in [0.5, 0.6) is 11.5 Å². The molecule has 1 heterocycles. The number of carbonyl (C=O) groups excluding carboxylic acids is 1. The number of methoxy groups -OCH3 is 2. The number of ether oxygens (including phenoxy) is 2. The number of halogens is 2. The summed E-state index contributed by atoms with van der Waals surface area (Å²) in [5, 5.41) is 6.68. The van der Waals surface area contributed by atoms with Crippen LogP contribution in [0.3, 0.4) is 0 Å². The van der Waals surface area contributed by atoms with Gasteiger partial charge < -0.3 is 25.0 Å². The van der Waals surface area contributed by atoms with Crippen LogP contribution in [-0.2, 0) is 17.8 Å². The Kier molecular flexibility index (Phi) is 9.89. The summed E-state index contributed by atoms with van der Waals surface area (Å²) in [5.41, 5.74) is 4.10. The molecule has 2 aromatic rings. The third-order valence-corrected chi connectivity index (χ3v) is 5.58. The lowest BCUT2D eigenvalue weighted by molar-refractivity contribution is -0.116. The highest BCUT2D eigenvalue weighted by molar-refractivity contribution is 14.0. The average Bonchev–Trinajstić information content (AvgIpc) is 2.77. The maximum absolute atomic E-state index is 12.3. The van der Waals surface area contributed by atoms with Crippen molar-refractivity contribution < 1.29 is 14.3 Å². The van der Waals surface area contributed by atoms with Gasteiger partial charge in [0.1, 0.15) is 0 Å². The quantitative estimate of drug-likeness (QED) is 0.308. The fraction of sp³-hybridized carbons (Fsp3) is 0.391. The van der Waals surface area contributed by atoms with E-state index >= 15 is 0 Å². The van der Waals surface area contributed by atoms with Crippen LogP contribution in [0, 0.1) is 6.92 Å². The minimum Gasteiger partial charge on any atom is -0.493 e. The number of rotatable bonds is 6. The van der Waals surface area contributed by atoms with Crippen LogP contribution >= 0.6 is 35.6 Å². The van der Waals surface area contributed by atoms with E-state index < -0.39 is 0 Å². The van der Waals surface area contributed by atoms with Crippen LogP contribution < -0.4 is 20.1 Å². The summed E-state index contributed by atoms with van der Waals surface area (Å²) in [4.78, 5) is 18.9. The summed E-state index contributed by atoms with van der Waals surface area (Å²) >= 11 is 6.19. The van der Waals surface area contributed by atoms with Crippen molar-refractivity contribution in [2.75, 3.05) is 39.7 Å². The Bertz CT molecular complexity index is 984. The van der Waals surface area contributed by atoms with Crippen molar-refractivity contribution in [2.24, 2.45) is 4.99 Å². The number of hydrogen-bond acceptors (Lipinski definition) is 4. The molecule has 174 valence electrons. The Labute approximate surface area is 211 Å². The molecular formula is C23H30ClIN4O3. The molecule has 0 radical (unpaired) electrons. The van der Waals surface area contributed by atoms with Crippen molar-refractivity contribution in [3.8, 4) is 11.5 Å². The zero-order chi connectivity index (χ0) is 22.4. The molecule has 0 unspecified atom stereocenters. The zero-order valence-electron chi connectivity index (χ0n) is 18.8. The summed E-state index contributed by atoms with van der Waals surface area (Å²) in [7, 11) is 5.03. The lowest BCUT2D eigenvalue weighted by Gasteiger charge is -2.32. The predicted octanol–water partition coefficient (Wildman–Crippen LogP) is 4.25. The largest absolute Gasteiger partial charge is 0.493 e. The summed E-state index contributed by atoms with van der Waals surface area (Å²) < 4.78 is 10.8. The number of nitrogens with zero attached hydrogens (tertiary/aromatic N) is 2. The molecule has 0 bridgehead atoms. The van der Waals surface area contributed by atoms with Gasteiger partial charge in [0, 0.05) is 33.1 Å². The van der Waals surface area contributed by atoms with Gasteiger partial charge in [-0.25, -0.2) is 0 Å². The smallest absolute Gasteiger partial charge is 0.226 e. The van der Waals surface area contributed by atoms with Crippen molar-refractivity contribution in [3.05, 3.63) is 52.0 Å². The maximum Gasteiger partial charge on any atom is 0.226 e. The lowest BCUT2D eigenvalue weighted by Crippen LogP contribution is -2.44. The molecule has 2 N–H and O–H groups in total. The maximum atomic E-state index is 12.3. The molecule has 2 aromatic carbocycles. The second kappa shape index (κ2) is 12.2. The van der Waals surface area contributed by atoms with Gasteiger partial charge in [-0.2, -0.15) is 0 Å². The second-order valence-electron chi connectivity index (χ2n) is 7.40. The normalized spacial score (nSPS) is 13.0. The van der Waals surface area contributed by atoms with Crippen molar-refractivity contribution in [1.82, 2.24) is 10.2 Å². The average molecular weight is 573 g/mol. The molecule has 0 fully saturated rings. The molecule has 3 rings (SSSR count). The second-order valence-corrected chi connectivity index (χ2v) is 7.81. The Morgan fingerprint density at radius 3 is 2.47 bits per heavy atom. The van der Waals surface area contributed by atoms with Gasteiger partial charge in [-0.05, 0) is 54.3 Å². The highest BCUT2D eigenvalue weighted by atomic mass is 127. The number of aliphatic imine (C=N–C) groups is 1. The van der Waals surface area contributed by atoms with E-state index in [0.717, 1.165) is 36.0 Å². The van der Waals surface area contributed by atoms with Crippen LogP contribution in [-0.4, -0.2) is 51.1 Å². The van der Waals surface area contributed by atoms with E-state index in [1.165, 1.54) is 11.1 Å². The third kappa shape index (κ3) is 6.41. The zero-order valence-corrected chi connectivity index (χ0v) is 21.9. The van der Waals surface area contributed by atoms with Crippen molar-refractivity contribution in [2.45, 2.75) is 26.3 Å². The van der Waals surface area contributed by atoms with Gasteiger partial charge in [-0.15, -0.1) is 24.0 Å². The molecule has 0 saturated carbocycles. The van der Waals surface area contributed by atoms with E-state index in [-0.39, 0.29) is 29.9 Å². The van der Waals surface area contributed by atoms with E-state index in [1.54, 1.807) is 21.3 Å². The molecule has 0 aliphatic carbocycles. The summed E-state index contributed by atoms with van der Waals surface area (Å²) in [5.74, 6) is 2.13. The summed E-state index contributed by atoms with van der Waals surface area (Å²) in [6, 6.07) is 9.63. The minimum atomic E-state index is -0.102. The van der Waals surface area contributed by atoms with Gasteiger partial charge in [-0.1, -0.05) is 17.7 Å². The molecule has 0 aromatic heterocycles. The first kappa shape index (κ1) is 26.1. The number of aryl methyl sites for hydroxylation is 1. The van der Waals surface area contributed by atoms with E-state index in [4.69, 9.17) is 21.1 Å². The Balaban J connectivity index is 0.00000363. The minimum absolute atomic E-state index is 0. The SMILES string of the molecule is CN=C(NCCC(=O)Nc1ccc(C)cc1Cl)N1CCc2cc(OC)c(OC)cc2C1.I. The number of benzene rings is 2. The molecule has 1 amide bonds. The molecule has 9 heteroatoms. The van der Waals surface area contributed by atoms with Crippen LogP contribution in [0.2, 0.25) is 5.02 Å². The van der Waals surface area contributed by atoms with E-state index in [2.05, 4.69) is 20.5 Å². The van der Waals surface area contributed by atoms with E-state index in [9.17, 15) is 4.79 Å². The highest BCUT2D eigenvalue weighted by Gasteiger charge is 2.21. The molecule has 7 nitrogen and oxygen atoms in total. The summed E-state index contributed by atoms with van der Waals surface area (Å²) in [6.45, 7) is 3.96. The first-order valence-corrected chi connectivity index (χ1v) is 10.6. The topological polar surface area (TPSA) is 75.2 Å². The van der Waals surface area contributed by atoms with Crippen molar-refractivity contribution in [3.63, 3.8) is 0 Å². The van der Waals surface area contributed by atoms with E-state index in [1.807, 2.05) is 37.3 Å². The first-order chi connectivity index (χ1) is 14.9. The fourth-order valence-electron chi connectivity index (χ4n) is 3.62. The van der Waals surface area contributed by atoms with E-state index in [0.29, 0.717) is 30.2 Å². The predicted molar refractivity (Wildman–Crippen MR) is 140 cm³/mol. The van der Waals surface area contributed by atoms with Crippen LogP contribution in [0.1, 0.15) is 23.1 Å². The Morgan fingerprint density at radius 2 is 1.84 bits per heavy atom. The van der Waals surface area contributed by atoms with Gasteiger partial charge in [-0.3, -0.25) is 9.79 Å². The van der Waals surface area contributed by atoms with Gasteiger partial charge in [0.05, 0.1) is 24.9 Å². The monoisotopic (exact) mass is 572 g/mol. The fourth-order valence-corrected chi connectivity index (χ4v) is 3.90. The molecular weight excluding hydrogens is 543 g/mol. The van der Waals surface area contributed by atoms with Crippen LogP contribution in [0.25, 0.3) is 0 Å². The van der Waals surface area contributed by atoms with Crippen molar-refractivity contribution >= 4 is 53.1 Å². The number of fused-ring (bicyclic) bond motifs is 1. The number of anilines is 1. The van der Waals surface area contributed by atoms with Gasteiger partial charge in [0.15, 0.2) is 17.5 Å². The standard InChI is InChI=1S/C23H29ClN4O3.HI/c1-15-5-6-19(18(24)11-15)27-22(29)7-9-26-23(25-2)28-10-8-16-12-20(30-3)21(31-4)13-17(16)14-28;/h5-6,11-13H,7-10,14H2,1-4H3,(H,25,26)(H,27,29);1H. The van der Waals surface area contributed by atoms with Crippen molar-refractivity contribution in [1.29, 1.82) is 0 Å². The van der Waals surface area contributed by atoms with Gasteiger partial charge in [0.2, 0.25) is 5.91 Å². The number of nitrogens with one attached hydrogen (secondary N) is 2. The molecule has 0 atom stereocenters. The molecule has 1 aliphatic heterocycles. The van der Waals surface area contributed by atoms with Gasteiger partial charge >= 0.3 is 0 Å². The number of carbonyl (C=O) groups is 1. The number of amides is 1. The van der Waals surface area contributed by atoms with Crippen LogP contribution in [0.4, 0.5) is 5.69 Å². The molecule has 1 aliphatic rings. The van der Waals surface area contributed by atoms with Crippen LogP contribution in [0.15, 0.2) is 35.3 Å². The Hall–Kier alpha value is -2.20. The highest BCUT2D eigenvalue weighted by Crippen LogP contribution is 2.33. The third-order valence-electron chi connectivity index (χ3n) is 5.26. The summed E-state index contributed by atoms with van der Waals surface area (Å²) in [6.07, 6.45) is 1.18. The Morgan fingerprint density at radius 1 is 1.16 bits per heavy atom. The molecule has 0 saturated heterocycles.